The summed E-state index contributed by atoms with van der Waals surface area (Å²) in [5.41, 5.74) is 1.82. The Hall–Kier alpha value is -2.07. The molecule has 0 bridgehead atoms. The molecule has 1 N–H and O–H groups in total. The number of benzene rings is 1. The van der Waals surface area contributed by atoms with Crippen LogP contribution in [-0.4, -0.2) is 10.5 Å². The average molecular weight is 277 g/mol. The summed E-state index contributed by atoms with van der Waals surface area (Å²) >= 11 is 5.99. The highest BCUT2D eigenvalue weighted by Gasteiger charge is 2.07. The lowest BCUT2D eigenvalue weighted by molar-refractivity contribution is 0.102. The van der Waals surface area contributed by atoms with Crippen LogP contribution in [0, 0.1) is 6.92 Å². The summed E-state index contributed by atoms with van der Waals surface area (Å²) in [5, 5.41) is 3.33. The highest BCUT2D eigenvalue weighted by atomic mass is 35.5. The van der Waals surface area contributed by atoms with Gasteiger partial charge in [0.15, 0.2) is 0 Å². The molecule has 2 rings (SSSR count). The molecule has 1 aromatic heterocycles. The van der Waals surface area contributed by atoms with Gasteiger partial charge in [-0.1, -0.05) is 17.7 Å². The standard InChI is InChI=1S/C14H13ClN2O2/c1-9-3-5-11(7-12(9)15)16-14(19)10-4-6-13(18)17(2)8-10/h3-8H,1-2H3,(H,16,19). The van der Waals surface area contributed by atoms with Gasteiger partial charge < -0.3 is 9.88 Å². The van der Waals surface area contributed by atoms with Crippen LogP contribution < -0.4 is 10.9 Å². The lowest BCUT2D eigenvalue weighted by atomic mass is 10.2. The maximum atomic E-state index is 12.0. The van der Waals surface area contributed by atoms with E-state index in [-0.39, 0.29) is 11.5 Å². The second kappa shape index (κ2) is 5.28. The van der Waals surface area contributed by atoms with Crippen molar-refractivity contribution in [3.63, 3.8) is 0 Å². The third-order valence-corrected chi connectivity index (χ3v) is 3.18. The Morgan fingerprint density at radius 1 is 1.26 bits per heavy atom. The van der Waals surface area contributed by atoms with Crippen molar-refractivity contribution >= 4 is 23.2 Å². The molecule has 1 aromatic carbocycles. The van der Waals surface area contributed by atoms with E-state index >= 15 is 0 Å². The Labute approximate surface area is 115 Å². The van der Waals surface area contributed by atoms with Crippen molar-refractivity contribution in [2.45, 2.75) is 6.92 Å². The Balaban J connectivity index is 2.22. The molecule has 0 radical (unpaired) electrons. The number of amides is 1. The van der Waals surface area contributed by atoms with Gasteiger partial charge in [0.25, 0.3) is 5.91 Å². The van der Waals surface area contributed by atoms with Gasteiger partial charge in [0.1, 0.15) is 0 Å². The second-order valence-electron chi connectivity index (χ2n) is 4.29. The molecule has 0 saturated carbocycles. The zero-order chi connectivity index (χ0) is 14.0. The molecule has 0 atom stereocenters. The number of rotatable bonds is 2. The second-order valence-corrected chi connectivity index (χ2v) is 4.69. The number of hydrogen-bond acceptors (Lipinski definition) is 2. The molecule has 5 heteroatoms. The molecular formula is C14H13ClN2O2. The zero-order valence-corrected chi connectivity index (χ0v) is 11.4. The van der Waals surface area contributed by atoms with Crippen LogP contribution >= 0.6 is 11.6 Å². The minimum atomic E-state index is -0.282. The van der Waals surface area contributed by atoms with E-state index in [2.05, 4.69) is 5.32 Å². The molecule has 98 valence electrons. The van der Waals surface area contributed by atoms with E-state index < -0.39 is 0 Å². The highest BCUT2D eigenvalue weighted by Crippen LogP contribution is 2.20. The third-order valence-electron chi connectivity index (χ3n) is 2.78. The van der Waals surface area contributed by atoms with Crippen LogP contribution in [0.25, 0.3) is 0 Å². The first-order chi connectivity index (χ1) is 8.97. The first-order valence-electron chi connectivity index (χ1n) is 5.71. The van der Waals surface area contributed by atoms with Crippen LogP contribution in [0.5, 0.6) is 0 Å². The van der Waals surface area contributed by atoms with Crippen molar-refractivity contribution in [3.8, 4) is 0 Å². The fraction of sp³-hybridized carbons (Fsp3) is 0.143. The summed E-state index contributed by atoms with van der Waals surface area (Å²) in [7, 11) is 1.60. The SMILES string of the molecule is Cc1ccc(NC(=O)c2ccc(=O)n(C)c2)cc1Cl. The predicted octanol–water partition coefficient (Wildman–Crippen LogP) is 2.60. The summed E-state index contributed by atoms with van der Waals surface area (Å²) in [6.45, 7) is 1.89. The number of nitrogens with zero attached hydrogens (tertiary/aromatic N) is 1. The normalized spacial score (nSPS) is 10.3. The van der Waals surface area contributed by atoms with Gasteiger partial charge in [0.2, 0.25) is 5.56 Å². The summed E-state index contributed by atoms with van der Waals surface area (Å²) < 4.78 is 1.36. The molecule has 2 aromatic rings. The number of pyridine rings is 1. The molecule has 0 saturated heterocycles. The molecule has 0 aliphatic rings. The van der Waals surface area contributed by atoms with Gasteiger partial charge in [-0.05, 0) is 30.7 Å². The fourth-order valence-electron chi connectivity index (χ4n) is 1.60. The van der Waals surface area contributed by atoms with E-state index in [1.165, 1.54) is 22.9 Å². The molecule has 1 amide bonds. The Kier molecular flexibility index (Phi) is 3.71. The van der Waals surface area contributed by atoms with Crippen LogP contribution in [0.2, 0.25) is 5.02 Å². The van der Waals surface area contributed by atoms with Gasteiger partial charge >= 0.3 is 0 Å². The maximum absolute atomic E-state index is 12.0. The monoisotopic (exact) mass is 276 g/mol. The number of nitrogens with one attached hydrogen (secondary N) is 1. The largest absolute Gasteiger partial charge is 0.322 e. The molecular weight excluding hydrogens is 264 g/mol. The highest BCUT2D eigenvalue weighted by molar-refractivity contribution is 6.31. The van der Waals surface area contributed by atoms with Crippen LogP contribution in [0.15, 0.2) is 41.3 Å². The number of anilines is 1. The fourth-order valence-corrected chi connectivity index (χ4v) is 1.78. The maximum Gasteiger partial charge on any atom is 0.257 e. The van der Waals surface area contributed by atoms with Crippen LogP contribution in [0.3, 0.4) is 0 Å². The minimum Gasteiger partial charge on any atom is -0.322 e. The van der Waals surface area contributed by atoms with Gasteiger partial charge in [0.05, 0.1) is 5.56 Å². The van der Waals surface area contributed by atoms with E-state index in [0.717, 1.165) is 5.56 Å². The number of carbonyl (C=O) groups is 1. The van der Waals surface area contributed by atoms with Crippen molar-refractivity contribution < 1.29 is 4.79 Å². The lowest BCUT2D eigenvalue weighted by Gasteiger charge is -2.07. The van der Waals surface area contributed by atoms with Crippen molar-refractivity contribution in [3.05, 3.63) is 63.0 Å². The number of hydrogen-bond donors (Lipinski definition) is 1. The Bertz CT molecular complexity index is 692. The van der Waals surface area contributed by atoms with Crippen molar-refractivity contribution in [2.75, 3.05) is 5.32 Å². The summed E-state index contributed by atoms with van der Waals surface area (Å²) in [6.07, 6.45) is 1.49. The van der Waals surface area contributed by atoms with E-state index in [1.54, 1.807) is 19.2 Å². The van der Waals surface area contributed by atoms with Gasteiger partial charge in [-0.2, -0.15) is 0 Å². The van der Waals surface area contributed by atoms with Gasteiger partial charge in [-0.15, -0.1) is 0 Å². The van der Waals surface area contributed by atoms with Crippen molar-refractivity contribution in [2.24, 2.45) is 7.05 Å². The van der Waals surface area contributed by atoms with Crippen molar-refractivity contribution in [1.82, 2.24) is 4.57 Å². The Morgan fingerprint density at radius 3 is 2.63 bits per heavy atom. The van der Waals surface area contributed by atoms with Crippen LogP contribution in [0.1, 0.15) is 15.9 Å². The molecule has 19 heavy (non-hydrogen) atoms. The summed E-state index contributed by atoms with van der Waals surface area (Å²) in [5.74, 6) is -0.282. The number of carbonyl (C=O) groups excluding carboxylic acids is 1. The first kappa shape index (κ1) is 13.4. The van der Waals surface area contributed by atoms with Crippen molar-refractivity contribution in [1.29, 1.82) is 0 Å². The molecule has 4 nitrogen and oxygen atoms in total. The van der Waals surface area contributed by atoms with Crippen LogP contribution in [0.4, 0.5) is 5.69 Å². The molecule has 0 aliphatic carbocycles. The van der Waals surface area contributed by atoms with E-state index in [0.29, 0.717) is 16.3 Å². The van der Waals surface area contributed by atoms with E-state index in [9.17, 15) is 9.59 Å². The number of halogens is 1. The van der Waals surface area contributed by atoms with E-state index in [1.807, 2.05) is 13.0 Å². The number of aryl methyl sites for hydroxylation is 2. The lowest BCUT2D eigenvalue weighted by Crippen LogP contribution is -2.19. The minimum absolute atomic E-state index is 0.157. The molecule has 0 fully saturated rings. The zero-order valence-electron chi connectivity index (χ0n) is 10.6. The summed E-state index contributed by atoms with van der Waals surface area (Å²) in [6, 6.07) is 8.15. The summed E-state index contributed by atoms with van der Waals surface area (Å²) in [4.78, 5) is 23.3. The Morgan fingerprint density at radius 2 is 2.00 bits per heavy atom. The van der Waals surface area contributed by atoms with Gasteiger partial charge in [0, 0.05) is 30.0 Å². The van der Waals surface area contributed by atoms with Gasteiger partial charge in [-0.3, -0.25) is 9.59 Å². The predicted molar refractivity (Wildman–Crippen MR) is 75.8 cm³/mol. The van der Waals surface area contributed by atoms with E-state index in [4.69, 9.17) is 11.6 Å². The quantitative estimate of drug-likeness (QED) is 0.917. The third kappa shape index (κ3) is 3.03. The molecule has 1 heterocycles. The van der Waals surface area contributed by atoms with Crippen LogP contribution in [-0.2, 0) is 7.05 Å². The smallest absolute Gasteiger partial charge is 0.257 e. The molecule has 0 unspecified atom stereocenters. The average Bonchev–Trinajstić information content (AvgIpc) is 2.37. The molecule has 0 aliphatic heterocycles. The molecule has 0 spiro atoms. The first-order valence-corrected chi connectivity index (χ1v) is 6.09. The topological polar surface area (TPSA) is 51.1 Å². The number of aromatic nitrogens is 1. The van der Waals surface area contributed by atoms with Gasteiger partial charge in [-0.25, -0.2) is 0 Å².